The van der Waals surface area contributed by atoms with Crippen LogP contribution in [0.1, 0.15) is 18.5 Å². The van der Waals surface area contributed by atoms with Gasteiger partial charge in [-0.15, -0.1) is 6.42 Å². The molecule has 0 bridgehead atoms. The maximum Gasteiger partial charge on any atom is 0.120 e. The molecule has 1 atom stereocenters. The summed E-state index contributed by atoms with van der Waals surface area (Å²) in [6.45, 7) is 2.41. The predicted molar refractivity (Wildman–Crippen MR) is 59.9 cm³/mol. The molecule has 0 saturated carbocycles. The normalized spacial score (nSPS) is 11.8. The van der Waals surface area contributed by atoms with Gasteiger partial charge in [0.05, 0.1) is 13.7 Å². The standard InChI is InChI=1S/C12H15NO2/c1-4-7-13-9(2)11-8-10(15-3)5-6-12(11)14/h1,5-6,8-9,13-14H,7H2,2-3H3. The lowest BCUT2D eigenvalue weighted by molar-refractivity contribution is 0.408. The Morgan fingerprint density at radius 3 is 2.93 bits per heavy atom. The average Bonchev–Trinajstić information content (AvgIpc) is 2.26. The molecule has 0 radical (unpaired) electrons. The van der Waals surface area contributed by atoms with Crippen molar-refractivity contribution in [3.05, 3.63) is 23.8 Å². The number of aromatic hydroxyl groups is 1. The van der Waals surface area contributed by atoms with Crippen LogP contribution in [0, 0.1) is 12.3 Å². The van der Waals surface area contributed by atoms with E-state index in [-0.39, 0.29) is 11.8 Å². The molecule has 0 amide bonds. The van der Waals surface area contributed by atoms with Crippen LogP contribution in [0.15, 0.2) is 18.2 Å². The Bertz CT molecular complexity index is 368. The number of phenols is 1. The topological polar surface area (TPSA) is 41.5 Å². The minimum absolute atomic E-state index is 0.00356. The first-order valence-electron chi connectivity index (χ1n) is 4.72. The molecule has 1 aromatic rings. The van der Waals surface area contributed by atoms with Crippen molar-refractivity contribution in [3.63, 3.8) is 0 Å². The number of nitrogens with one attached hydrogen (secondary N) is 1. The van der Waals surface area contributed by atoms with E-state index in [2.05, 4.69) is 11.2 Å². The van der Waals surface area contributed by atoms with Gasteiger partial charge in [-0.3, -0.25) is 5.32 Å². The molecule has 15 heavy (non-hydrogen) atoms. The smallest absolute Gasteiger partial charge is 0.120 e. The summed E-state index contributed by atoms with van der Waals surface area (Å²) in [5, 5.41) is 12.7. The Labute approximate surface area is 90.1 Å². The second-order valence-electron chi connectivity index (χ2n) is 3.23. The molecule has 1 rings (SSSR count). The molecule has 1 aromatic carbocycles. The lowest BCUT2D eigenvalue weighted by Crippen LogP contribution is -2.18. The molecule has 2 N–H and O–H groups in total. The second kappa shape index (κ2) is 5.28. The third kappa shape index (κ3) is 2.90. The fourth-order valence-electron chi connectivity index (χ4n) is 1.33. The van der Waals surface area contributed by atoms with Gasteiger partial charge >= 0.3 is 0 Å². The third-order valence-corrected chi connectivity index (χ3v) is 2.21. The number of hydrogen-bond donors (Lipinski definition) is 2. The van der Waals surface area contributed by atoms with Crippen LogP contribution in [0.4, 0.5) is 0 Å². The zero-order valence-corrected chi connectivity index (χ0v) is 8.95. The highest BCUT2D eigenvalue weighted by Crippen LogP contribution is 2.27. The molecule has 3 nitrogen and oxygen atoms in total. The van der Waals surface area contributed by atoms with Gasteiger partial charge in [0.2, 0.25) is 0 Å². The van der Waals surface area contributed by atoms with Gasteiger partial charge in [0.25, 0.3) is 0 Å². The number of rotatable bonds is 4. The number of phenolic OH excluding ortho intramolecular Hbond substituents is 1. The quantitative estimate of drug-likeness (QED) is 0.735. The van der Waals surface area contributed by atoms with Crippen LogP contribution >= 0.6 is 0 Å². The average molecular weight is 205 g/mol. The summed E-state index contributed by atoms with van der Waals surface area (Å²) in [4.78, 5) is 0. The van der Waals surface area contributed by atoms with E-state index in [0.29, 0.717) is 6.54 Å². The van der Waals surface area contributed by atoms with Crippen molar-refractivity contribution in [2.45, 2.75) is 13.0 Å². The fraction of sp³-hybridized carbons (Fsp3) is 0.333. The number of hydrogen-bond acceptors (Lipinski definition) is 3. The van der Waals surface area contributed by atoms with Crippen molar-refractivity contribution >= 4 is 0 Å². The van der Waals surface area contributed by atoms with Gasteiger partial charge < -0.3 is 9.84 Å². The Kier molecular flexibility index (Phi) is 4.02. The summed E-state index contributed by atoms with van der Waals surface area (Å²) < 4.78 is 5.09. The first kappa shape index (κ1) is 11.4. The lowest BCUT2D eigenvalue weighted by atomic mass is 10.1. The van der Waals surface area contributed by atoms with Crippen LogP contribution in [0.25, 0.3) is 0 Å². The molecule has 0 aliphatic carbocycles. The zero-order chi connectivity index (χ0) is 11.3. The Hall–Kier alpha value is -1.66. The molecular weight excluding hydrogens is 190 g/mol. The molecule has 0 heterocycles. The van der Waals surface area contributed by atoms with E-state index in [1.165, 1.54) is 0 Å². The maximum absolute atomic E-state index is 9.65. The largest absolute Gasteiger partial charge is 0.508 e. The highest BCUT2D eigenvalue weighted by Gasteiger charge is 2.10. The predicted octanol–water partition coefficient (Wildman–Crippen LogP) is 1.68. The van der Waals surface area contributed by atoms with Gasteiger partial charge in [-0.1, -0.05) is 5.92 Å². The fourth-order valence-corrected chi connectivity index (χ4v) is 1.33. The molecule has 0 aromatic heterocycles. The van der Waals surface area contributed by atoms with E-state index in [1.807, 2.05) is 6.92 Å². The molecule has 0 aliphatic heterocycles. The molecule has 0 fully saturated rings. The van der Waals surface area contributed by atoms with Gasteiger partial charge in [0, 0.05) is 11.6 Å². The van der Waals surface area contributed by atoms with Crippen LogP contribution < -0.4 is 10.1 Å². The van der Waals surface area contributed by atoms with Gasteiger partial charge in [0.1, 0.15) is 11.5 Å². The van der Waals surface area contributed by atoms with Crippen LogP contribution in [-0.4, -0.2) is 18.8 Å². The monoisotopic (exact) mass is 205 g/mol. The molecule has 0 saturated heterocycles. The van der Waals surface area contributed by atoms with Crippen molar-refractivity contribution < 1.29 is 9.84 Å². The minimum atomic E-state index is -0.00356. The van der Waals surface area contributed by atoms with Crippen LogP contribution in [-0.2, 0) is 0 Å². The van der Waals surface area contributed by atoms with Crippen molar-refractivity contribution in [1.82, 2.24) is 5.32 Å². The Morgan fingerprint density at radius 2 is 2.33 bits per heavy atom. The van der Waals surface area contributed by atoms with Crippen molar-refractivity contribution in [2.75, 3.05) is 13.7 Å². The van der Waals surface area contributed by atoms with E-state index in [0.717, 1.165) is 11.3 Å². The molecule has 80 valence electrons. The van der Waals surface area contributed by atoms with Crippen molar-refractivity contribution in [3.8, 4) is 23.8 Å². The van der Waals surface area contributed by atoms with Crippen molar-refractivity contribution in [1.29, 1.82) is 0 Å². The molecule has 1 unspecified atom stereocenters. The highest BCUT2D eigenvalue weighted by molar-refractivity contribution is 5.41. The Morgan fingerprint density at radius 1 is 1.60 bits per heavy atom. The SMILES string of the molecule is C#CCNC(C)c1cc(OC)ccc1O. The summed E-state index contributed by atoms with van der Waals surface area (Å²) in [5.74, 6) is 3.46. The maximum atomic E-state index is 9.65. The number of benzene rings is 1. The first-order valence-corrected chi connectivity index (χ1v) is 4.72. The van der Waals surface area contributed by atoms with Gasteiger partial charge in [-0.25, -0.2) is 0 Å². The minimum Gasteiger partial charge on any atom is -0.508 e. The number of methoxy groups -OCH3 is 1. The van der Waals surface area contributed by atoms with Crippen LogP contribution in [0.2, 0.25) is 0 Å². The second-order valence-corrected chi connectivity index (χ2v) is 3.23. The summed E-state index contributed by atoms with van der Waals surface area (Å²) in [7, 11) is 1.59. The zero-order valence-electron chi connectivity index (χ0n) is 8.95. The summed E-state index contributed by atoms with van der Waals surface area (Å²) in [5.41, 5.74) is 0.782. The van der Waals surface area contributed by atoms with Gasteiger partial charge in [-0.2, -0.15) is 0 Å². The van der Waals surface area contributed by atoms with Crippen molar-refractivity contribution in [2.24, 2.45) is 0 Å². The van der Waals surface area contributed by atoms with Gasteiger partial charge in [-0.05, 0) is 25.1 Å². The van der Waals surface area contributed by atoms with E-state index in [9.17, 15) is 5.11 Å². The molecule has 3 heteroatoms. The van der Waals surface area contributed by atoms with Gasteiger partial charge in [0.15, 0.2) is 0 Å². The van der Waals surface area contributed by atoms with E-state index < -0.39 is 0 Å². The summed E-state index contributed by atoms with van der Waals surface area (Å²) in [6, 6.07) is 5.12. The van der Waals surface area contributed by atoms with E-state index in [1.54, 1.807) is 25.3 Å². The van der Waals surface area contributed by atoms with E-state index >= 15 is 0 Å². The Balaban J connectivity index is 2.87. The first-order chi connectivity index (χ1) is 7.19. The van der Waals surface area contributed by atoms with Crippen LogP contribution in [0.3, 0.4) is 0 Å². The van der Waals surface area contributed by atoms with E-state index in [4.69, 9.17) is 11.2 Å². The highest BCUT2D eigenvalue weighted by atomic mass is 16.5. The van der Waals surface area contributed by atoms with Crippen LogP contribution in [0.5, 0.6) is 11.5 Å². The number of ether oxygens (including phenoxy) is 1. The number of terminal acetylenes is 1. The summed E-state index contributed by atoms with van der Waals surface area (Å²) in [6.07, 6.45) is 5.15. The molecule has 0 aliphatic rings. The molecular formula is C12H15NO2. The lowest BCUT2D eigenvalue weighted by Gasteiger charge is -2.14. The molecule has 0 spiro atoms. The summed E-state index contributed by atoms with van der Waals surface area (Å²) >= 11 is 0. The third-order valence-electron chi connectivity index (χ3n) is 2.21.